The van der Waals surface area contributed by atoms with E-state index in [9.17, 15) is 4.79 Å². The average Bonchev–Trinajstić information content (AvgIpc) is 2.54. The van der Waals surface area contributed by atoms with E-state index in [2.05, 4.69) is 11.8 Å². The number of ether oxygens (including phenoxy) is 1. The van der Waals surface area contributed by atoms with Crippen molar-refractivity contribution in [3.05, 3.63) is 0 Å². The molecule has 16 heavy (non-hydrogen) atoms. The Morgan fingerprint density at radius 2 is 1.88 bits per heavy atom. The van der Waals surface area contributed by atoms with Crippen LogP contribution < -0.4 is 0 Å². The number of carbonyl (C=O) groups is 1. The SMILES string of the molecule is CC(=O)O[C@H]1[C@@H]2[C@@H]3S[C@H]4[C@H]5CC[C@H]([C@H]2[C@H]53)[C@@H]14. The van der Waals surface area contributed by atoms with Crippen molar-refractivity contribution in [2.75, 3.05) is 0 Å². The Morgan fingerprint density at radius 3 is 2.69 bits per heavy atom. The first-order chi connectivity index (χ1) is 7.77. The topological polar surface area (TPSA) is 26.3 Å². The molecule has 6 aliphatic rings. The molecule has 5 saturated carbocycles. The van der Waals surface area contributed by atoms with E-state index in [4.69, 9.17) is 4.74 Å². The third-order valence-corrected chi connectivity index (χ3v) is 8.06. The summed E-state index contributed by atoms with van der Waals surface area (Å²) in [6.45, 7) is 1.58. The lowest BCUT2D eigenvalue weighted by atomic mass is 9.50. The van der Waals surface area contributed by atoms with Gasteiger partial charge >= 0.3 is 5.97 Å². The first kappa shape index (κ1) is 8.84. The molecule has 0 amide bonds. The maximum atomic E-state index is 11.2. The minimum Gasteiger partial charge on any atom is -0.462 e. The van der Waals surface area contributed by atoms with E-state index in [0.717, 1.165) is 46.0 Å². The molecule has 0 aromatic carbocycles. The lowest BCUT2D eigenvalue weighted by Gasteiger charge is -2.53. The summed E-state index contributed by atoms with van der Waals surface area (Å²) >= 11 is 2.26. The molecule has 0 radical (unpaired) electrons. The minimum atomic E-state index is -0.0544. The van der Waals surface area contributed by atoms with E-state index >= 15 is 0 Å². The molecule has 1 heterocycles. The second kappa shape index (κ2) is 2.47. The summed E-state index contributed by atoms with van der Waals surface area (Å²) in [5, 5.41) is 1.72. The largest absolute Gasteiger partial charge is 0.462 e. The summed E-state index contributed by atoms with van der Waals surface area (Å²) in [7, 11) is 0. The van der Waals surface area contributed by atoms with Crippen molar-refractivity contribution >= 4 is 17.7 Å². The molecule has 9 atom stereocenters. The summed E-state index contributed by atoms with van der Waals surface area (Å²) in [6.07, 6.45) is 3.20. The Kier molecular flexibility index (Phi) is 1.37. The highest BCUT2D eigenvalue weighted by Crippen LogP contribution is 2.80. The van der Waals surface area contributed by atoms with Gasteiger partial charge in [-0.1, -0.05) is 0 Å². The first-order valence-electron chi connectivity index (χ1n) is 6.60. The van der Waals surface area contributed by atoms with Gasteiger partial charge in [0, 0.05) is 29.3 Å². The van der Waals surface area contributed by atoms with Crippen LogP contribution >= 0.6 is 11.8 Å². The van der Waals surface area contributed by atoms with E-state index in [-0.39, 0.29) is 5.97 Å². The molecule has 5 aliphatic carbocycles. The number of fused-ring (bicyclic) bond motifs is 2. The maximum Gasteiger partial charge on any atom is 0.302 e. The zero-order valence-corrected chi connectivity index (χ0v) is 10.2. The number of hydrogen-bond acceptors (Lipinski definition) is 3. The molecule has 6 rings (SSSR count). The Bertz CT molecular complexity index is 391. The van der Waals surface area contributed by atoms with Gasteiger partial charge in [0.05, 0.1) is 0 Å². The van der Waals surface area contributed by atoms with Crippen LogP contribution in [0.25, 0.3) is 0 Å². The van der Waals surface area contributed by atoms with E-state index in [1.54, 1.807) is 6.92 Å². The van der Waals surface area contributed by atoms with Gasteiger partial charge in [-0.15, -0.1) is 0 Å². The molecule has 1 saturated heterocycles. The van der Waals surface area contributed by atoms with Crippen molar-refractivity contribution in [3.63, 3.8) is 0 Å². The van der Waals surface area contributed by atoms with Gasteiger partial charge in [0.2, 0.25) is 0 Å². The average molecular weight is 236 g/mol. The normalized spacial score (nSPS) is 67.2. The third-order valence-electron chi connectivity index (χ3n) is 6.14. The predicted molar refractivity (Wildman–Crippen MR) is 60.9 cm³/mol. The van der Waals surface area contributed by atoms with Gasteiger partial charge in [-0.25, -0.2) is 0 Å². The number of rotatable bonds is 1. The van der Waals surface area contributed by atoms with Crippen molar-refractivity contribution in [1.29, 1.82) is 0 Å². The quantitative estimate of drug-likeness (QED) is 0.651. The zero-order chi connectivity index (χ0) is 10.6. The molecule has 0 spiro atoms. The molecule has 0 aromatic heterocycles. The summed E-state index contributed by atoms with van der Waals surface area (Å²) in [6, 6.07) is 0. The van der Waals surface area contributed by atoms with Crippen LogP contribution in [0.4, 0.5) is 0 Å². The monoisotopic (exact) mass is 236 g/mol. The van der Waals surface area contributed by atoms with E-state index in [1.807, 2.05) is 0 Å². The maximum absolute atomic E-state index is 11.2. The molecule has 86 valence electrons. The van der Waals surface area contributed by atoms with Crippen LogP contribution in [0.5, 0.6) is 0 Å². The fourth-order valence-electron chi connectivity index (χ4n) is 6.03. The Balaban J connectivity index is 1.60. The molecule has 6 bridgehead atoms. The number of carbonyl (C=O) groups excluding carboxylic acids is 1. The molecule has 1 aliphatic heterocycles. The van der Waals surface area contributed by atoms with Crippen molar-refractivity contribution in [1.82, 2.24) is 0 Å². The van der Waals surface area contributed by atoms with Crippen molar-refractivity contribution < 1.29 is 9.53 Å². The van der Waals surface area contributed by atoms with Crippen LogP contribution in [-0.2, 0) is 9.53 Å². The van der Waals surface area contributed by atoms with Crippen molar-refractivity contribution in [3.8, 4) is 0 Å². The third kappa shape index (κ3) is 0.704. The smallest absolute Gasteiger partial charge is 0.302 e. The van der Waals surface area contributed by atoms with Crippen LogP contribution in [0.3, 0.4) is 0 Å². The van der Waals surface area contributed by atoms with Gasteiger partial charge in [-0.2, -0.15) is 11.8 Å². The first-order valence-corrected chi connectivity index (χ1v) is 7.54. The molecule has 0 aromatic rings. The highest BCUT2D eigenvalue weighted by molar-refractivity contribution is 8.01. The zero-order valence-electron chi connectivity index (χ0n) is 9.34. The van der Waals surface area contributed by atoms with Gasteiger partial charge in [0.15, 0.2) is 0 Å². The molecular formula is C13H16O2S. The summed E-state index contributed by atoms with van der Waals surface area (Å²) < 4.78 is 5.68. The van der Waals surface area contributed by atoms with Gasteiger partial charge in [-0.05, 0) is 36.5 Å². The molecule has 2 nitrogen and oxygen atoms in total. The lowest BCUT2D eigenvalue weighted by Crippen LogP contribution is -2.54. The van der Waals surface area contributed by atoms with Gasteiger partial charge in [0.1, 0.15) is 6.10 Å². The van der Waals surface area contributed by atoms with Crippen LogP contribution in [0.2, 0.25) is 0 Å². The number of esters is 1. The van der Waals surface area contributed by atoms with Gasteiger partial charge < -0.3 is 4.74 Å². The highest BCUT2D eigenvalue weighted by Gasteiger charge is 2.79. The second-order valence-corrected chi connectivity index (χ2v) is 7.71. The Labute approximate surface area is 99.5 Å². The van der Waals surface area contributed by atoms with E-state index < -0.39 is 0 Å². The summed E-state index contributed by atoms with van der Waals surface area (Å²) in [5.74, 6) is 5.31. The number of thioether (sulfide) groups is 1. The fraction of sp³-hybridized carbons (Fsp3) is 0.923. The van der Waals surface area contributed by atoms with Crippen LogP contribution in [0.1, 0.15) is 19.8 Å². The minimum absolute atomic E-state index is 0.0544. The lowest BCUT2D eigenvalue weighted by molar-refractivity contribution is -0.152. The molecule has 6 fully saturated rings. The standard InChI is InChI=1S/C13H16O2S/c1-4(14)15-11-9-5-2-3-6-8-7(5)10(11)13(8)16-12(6)9/h5-13H,2-3H2,1H3/t5-,6+,7+,8+,9+,10-,11-,12+,13-/m1/s1. The van der Waals surface area contributed by atoms with Crippen LogP contribution in [-0.4, -0.2) is 22.6 Å². The van der Waals surface area contributed by atoms with E-state index in [0.29, 0.717) is 6.10 Å². The fourth-order valence-corrected chi connectivity index (χ4v) is 8.54. The highest BCUT2D eigenvalue weighted by atomic mass is 32.2. The predicted octanol–water partition coefficient (Wildman–Crippen LogP) is 1.93. The Hall–Kier alpha value is -0.180. The number of hydrogen-bond donors (Lipinski definition) is 0. The van der Waals surface area contributed by atoms with Gasteiger partial charge in [-0.3, -0.25) is 4.79 Å². The molecule has 0 unspecified atom stereocenters. The van der Waals surface area contributed by atoms with Crippen LogP contribution in [0, 0.1) is 35.5 Å². The van der Waals surface area contributed by atoms with Crippen molar-refractivity contribution in [2.45, 2.75) is 36.4 Å². The van der Waals surface area contributed by atoms with Crippen LogP contribution in [0.15, 0.2) is 0 Å². The summed E-state index contributed by atoms with van der Waals surface area (Å²) in [5.41, 5.74) is 0. The Morgan fingerprint density at radius 1 is 1.06 bits per heavy atom. The summed E-state index contributed by atoms with van der Waals surface area (Å²) in [4.78, 5) is 11.2. The van der Waals surface area contributed by atoms with Crippen molar-refractivity contribution in [2.24, 2.45) is 35.5 Å². The molecule has 3 heteroatoms. The molecular weight excluding hydrogens is 220 g/mol. The molecule has 0 N–H and O–H groups in total. The second-order valence-electron chi connectivity index (χ2n) is 6.35. The van der Waals surface area contributed by atoms with Gasteiger partial charge in [0.25, 0.3) is 0 Å². The van der Waals surface area contributed by atoms with E-state index in [1.165, 1.54) is 12.8 Å².